The van der Waals surface area contributed by atoms with Crippen molar-refractivity contribution >= 4 is 23.3 Å². The minimum atomic E-state index is -0.299. The summed E-state index contributed by atoms with van der Waals surface area (Å²) in [7, 11) is 1.57. The summed E-state index contributed by atoms with van der Waals surface area (Å²) < 4.78 is 4.84. The van der Waals surface area contributed by atoms with Crippen LogP contribution in [0.25, 0.3) is 0 Å². The molecule has 0 saturated heterocycles. The molecule has 0 aliphatic heterocycles. The molecule has 5 nitrogen and oxygen atoms in total. The normalized spacial score (nSPS) is 10.1. The van der Waals surface area contributed by atoms with Crippen LogP contribution < -0.4 is 10.6 Å². The van der Waals surface area contributed by atoms with Crippen LogP contribution in [0.1, 0.15) is 17.4 Å². The lowest BCUT2D eigenvalue weighted by Crippen LogP contribution is -2.28. The summed E-state index contributed by atoms with van der Waals surface area (Å²) in [6.07, 6.45) is 0. The Kier molecular flexibility index (Phi) is 5.72. The van der Waals surface area contributed by atoms with Crippen LogP contribution in [0.5, 0.6) is 0 Å². The highest BCUT2D eigenvalue weighted by molar-refractivity contribution is 6.33. The van der Waals surface area contributed by atoms with Crippen LogP contribution >= 0.6 is 11.6 Å². The Hall–Kier alpha value is -1.33. The van der Waals surface area contributed by atoms with Crippen molar-refractivity contribution in [2.75, 3.05) is 32.1 Å². The molecular weight excluding hydrogens is 242 g/mol. The highest BCUT2D eigenvalue weighted by Gasteiger charge is 2.12. The maximum absolute atomic E-state index is 11.8. The van der Waals surface area contributed by atoms with E-state index in [0.29, 0.717) is 24.0 Å². The molecule has 0 spiro atoms. The number of nitrogens with zero attached hydrogens (tertiary/aromatic N) is 1. The average Bonchev–Trinajstić information content (AvgIpc) is 2.32. The van der Waals surface area contributed by atoms with Gasteiger partial charge in [-0.15, -0.1) is 0 Å². The summed E-state index contributed by atoms with van der Waals surface area (Å²) in [5, 5.41) is 6.03. The van der Waals surface area contributed by atoms with E-state index in [-0.39, 0.29) is 11.6 Å². The van der Waals surface area contributed by atoms with Crippen molar-refractivity contribution in [1.29, 1.82) is 0 Å². The number of nitrogens with one attached hydrogen (secondary N) is 2. The zero-order valence-electron chi connectivity index (χ0n) is 9.92. The van der Waals surface area contributed by atoms with E-state index in [4.69, 9.17) is 16.3 Å². The molecule has 0 atom stereocenters. The van der Waals surface area contributed by atoms with Crippen molar-refractivity contribution in [2.24, 2.45) is 0 Å². The number of rotatable bonds is 6. The standard InChI is InChI=1S/C11H16ClN3O2/c1-3-13-9-5-4-8(12)10(15-9)11(16)14-6-7-17-2/h4-5H,3,6-7H2,1-2H3,(H,13,15)(H,14,16). The Morgan fingerprint density at radius 3 is 2.94 bits per heavy atom. The first-order valence-electron chi connectivity index (χ1n) is 5.36. The third-order valence-electron chi connectivity index (χ3n) is 2.01. The molecule has 1 aromatic rings. The number of halogens is 1. The predicted octanol–water partition coefficient (Wildman–Crippen LogP) is 1.54. The van der Waals surface area contributed by atoms with Gasteiger partial charge in [0.05, 0.1) is 11.6 Å². The number of pyridine rings is 1. The minimum absolute atomic E-state index is 0.223. The van der Waals surface area contributed by atoms with E-state index in [0.717, 1.165) is 6.54 Å². The largest absolute Gasteiger partial charge is 0.383 e. The highest BCUT2D eigenvalue weighted by atomic mass is 35.5. The summed E-state index contributed by atoms with van der Waals surface area (Å²) in [5.74, 6) is 0.334. The Bertz CT molecular complexity index is 385. The van der Waals surface area contributed by atoms with Gasteiger partial charge in [0.15, 0.2) is 0 Å². The lowest BCUT2D eigenvalue weighted by molar-refractivity contribution is 0.0932. The van der Waals surface area contributed by atoms with E-state index >= 15 is 0 Å². The quantitative estimate of drug-likeness (QED) is 0.759. The zero-order valence-corrected chi connectivity index (χ0v) is 10.7. The van der Waals surface area contributed by atoms with Crippen LogP contribution in [-0.4, -0.2) is 37.7 Å². The molecule has 0 unspecified atom stereocenters. The third-order valence-corrected chi connectivity index (χ3v) is 2.32. The van der Waals surface area contributed by atoms with Gasteiger partial charge in [-0.05, 0) is 19.1 Å². The maximum Gasteiger partial charge on any atom is 0.271 e. The molecule has 0 bridgehead atoms. The minimum Gasteiger partial charge on any atom is -0.383 e. The molecular formula is C11H16ClN3O2. The number of methoxy groups -OCH3 is 1. The summed E-state index contributed by atoms with van der Waals surface area (Å²) >= 11 is 5.92. The number of hydrogen-bond donors (Lipinski definition) is 2. The molecule has 0 fully saturated rings. The fourth-order valence-corrected chi connectivity index (χ4v) is 1.42. The van der Waals surface area contributed by atoms with Crippen LogP contribution in [0.2, 0.25) is 5.02 Å². The fourth-order valence-electron chi connectivity index (χ4n) is 1.23. The van der Waals surface area contributed by atoms with Gasteiger partial charge in [0.2, 0.25) is 0 Å². The third kappa shape index (κ3) is 4.20. The van der Waals surface area contributed by atoms with Crippen LogP contribution in [0.15, 0.2) is 12.1 Å². The molecule has 2 N–H and O–H groups in total. The summed E-state index contributed by atoms with van der Waals surface area (Å²) in [6, 6.07) is 3.38. The molecule has 0 aromatic carbocycles. The number of anilines is 1. The van der Waals surface area contributed by atoms with E-state index in [9.17, 15) is 4.79 Å². The molecule has 1 aromatic heterocycles. The highest BCUT2D eigenvalue weighted by Crippen LogP contribution is 2.16. The van der Waals surface area contributed by atoms with E-state index in [2.05, 4.69) is 15.6 Å². The van der Waals surface area contributed by atoms with E-state index in [1.165, 1.54) is 0 Å². The van der Waals surface area contributed by atoms with Gasteiger partial charge in [0.25, 0.3) is 5.91 Å². The second-order valence-electron chi connectivity index (χ2n) is 3.31. The fraction of sp³-hybridized carbons (Fsp3) is 0.455. The molecule has 0 saturated carbocycles. The summed E-state index contributed by atoms with van der Waals surface area (Å²) in [4.78, 5) is 15.9. The second kappa shape index (κ2) is 7.09. The molecule has 17 heavy (non-hydrogen) atoms. The summed E-state index contributed by atoms with van der Waals surface area (Å²) in [6.45, 7) is 3.57. The van der Waals surface area contributed by atoms with Gasteiger partial charge in [0, 0.05) is 20.2 Å². The number of carbonyl (C=O) groups is 1. The number of ether oxygens (including phenoxy) is 1. The smallest absolute Gasteiger partial charge is 0.271 e. The van der Waals surface area contributed by atoms with Crippen LogP contribution in [0, 0.1) is 0 Å². The van der Waals surface area contributed by atoms with E-state index in [1.54, 1.807) is 19.2 Å². The maximum atomic E-state index is 11.8. The van der Waals surface area contributed by atoms with Crippen molar-refractivity contribution in [1.82, 2.24) is 10.3 Å². The van der Waals surface area contributed by atoms with Gasteiger partial charge < -0.3 is 15.4 Å². The van der Waals surface area contributed by atoms with E-state index in [1.807, 2.05) is 6.92 Å². The molecule has 0 aliphatic rings. The van der Waals surface area contributed by atoms with Crippen molar-refractivity contribution in [3.8, 4) is 0 Å². The number of amides is 1. The Labute approximate surface area is 106 Å². The predicted molar refractivity (Wildman–Crippen MR) is 67.6 cm³/mol. The molecule has 1 heterocycles. The number of aromatic nitrogens is 1. The average molecular weight is 258 g/mol. The lowest BCUT2D eigenvalue weighted by atomic mass is 10.3. The van der Waals surface area contributed by atoms with Crippen molar-refractivity contribution in [3.63, 3.8) is 0 Å². The molecule has 6 heteroatoms. The topological polar surface area (TPSA) is 63.2 Å². The SMILES string of the molecule is CCNc1ccc(Cl)c(C(=O)NCCOC)n1. The van der Waals surface area contributed by atoms with Crippen molar-refractivity contribution in [2.45, 2.75) is 6.92 Å². The van der Waals surface area contributed by atoms with Gasteiger partial charge in [-0.1, -0.05) is 11.6 Å². The Balaban J connectivity index is 2.73. The van der Waals surface area contributed by atoms with E-state index < -0.39 is 0 Å². The first-order valence-corrected chi connectivity index (χ1v) is 5.74. The molecule has 0 radical (unpaired) electrons. The Morgan fingerprint density at radius 2 is 2.29 bits per heavy atom. The molecule has 94 valence electrons. The van der Waals surface area contributed by atoms with Gasteiger partial charge in [0.1, 0.15) is 11.5 Å². The van der Waals surface area contributed by atoms with Gasteiger partial charge >= 0.3 is 0 Å². The van der Waals surface area contributed by atoms with Gasteiger partial charge in [-0.25, -0.2) is 4.98 Å². The molecule has 0 aliphatic carbocycles. The van der Waals surface area contributed by atoms with Crippen LogP contribution in [-0.2, 0) is 4.74 Å². The monoisotopic (exact) mass is 257 g/mol. The van der Waals surface area contributed by atoms with Crippen LogP contribution in [0.4, 0.5) is 5.82 Å². The zero-order chi connectivity index (χ0) is 12.7. The van der Waals surface area contributed by atoms with Gasteiger partial charge in [-0.3, -0.25) is 4.79 Å². The number of hydrogen-bond acceptors (Lipinski definition) is 4. The lowest BCUT2D eigenvalue weighted by Gasteiger charge is -2.08. The van der Waals surface area contributed by atoms with Gasteiger partial charge in [-0.2, -0.15) is 0 Å². The summed E-state index contributed by atoms with van der Waals surface area (Å²) in [5.41, 5.74) is 0.223. The first kappa shape index (κ1) is 13.7. The number of carbonyl (C=O) groups excluding carboxylic acids is 1. The van der Waals surface area contributed by atoms with Crippen molar-refractivity contribution < 1.29 is 9.53 Å². The van der Waals surface area contributed by atoms with Crippen LogP contribution in [0.3, 0.4) is 0 Å². The second-order valence-corrected chi connectivity index (χ2v) is 3.71. The van der Waals surface area contributed by atoms with Crippen molar-refractivity contribution in [3.05, 3.63) is 22.8 Å². The Morgan fingerprint density at radius 1 is 1.53 bits per heavy atom. The first-order chi connectivity index (χ1) is 8.19. The molecule has 1 rings (SSSR count). The molecule has 1 amide bonds.